The van der Waals surface area contributed by atoms with Crippen molar-refractivity contribution in [3.05, 3.63) is 24.3 Å². The van der Waals surface area contributed by atoms with Gasteiger partial charge in [0.25, 0.3) is 0 Å². The molecule has 0 bridgehead atoms. The first kappa shape index (κ1) is 15.8. The molecule has 0 atom stereocenters. The first-order chi connectivity index (χ1) is 10.4. The van der Waals surface area contributed by atoms with Crippen molar-refractivity contribution in [3.8, 4) is 0 Å². The molecule has 0 aliphatic carbocycles. The summed E-state index contributed by atoms with van der Waals surface area (Å²) in [6.07, 6.45) is 7.13. The molecule has 0 unspecified atom stereocenters. The Labute approximate surface area is 127 Å². The van der Waals surface area contributed by atoms with Crippen molar-refractivity contribution in [1.82, 2.24) is 9.55 Å². The average molecular weight is 289 g/mol. The van der Waals surface area contributed by atoms with Crippen molar-refractivity contribution in [1.29, 1.82) is 0 Å². The molecule has 2 N–H and O–H groups in total. The van der Waals surface area contributed by atoms with Crippen LogP contribution in [0.25, 0.3) is 11.0 Å². The molecule has 0 amide bonds. The van der Waals surface area contributed by atoms with Crippen molar-refractivity contribution in [3.63, 3.8) is 0 Å². The van der Waals surface area contributed by atoms with Crippen LogP contribution in [0.4, 0.5) is 5.95 Å². The fourth-order valence-electron chi connectivity index (χ4n) is 2.59. The van der Waals surface area contributed by atoms with E-state index in [1.165, 1.54) is 37.6 Å². The first-order valence-electron chi connectivity index (χ1n) is 8.16. The summed E-state index contributed by atoms with van der Waals surface area (Å²) in [5.41, 5.74) is 2.23. The van der Waals surface area contributed by atoms with E-state index in [1.807, 2.05) is 6.07 Å². The van der Waals surface area contributed by atoms with Gasteiger partial charge in [0.15, 0.2) is 0 Å². The van der Waals surface area contributed by atoms with Gasteiger partial charge in [0.2, 0.25) is 5.95 Å². The summed E-state index contributed by atoms with van der Waals surface area (Å²) >= 11 is 0. The van der Waals surface area contributed by atoms with Crippen molar-refractivity contribution < 1.29 is 5.11 Å². The number of aliphatic hydroxyl groups excluding tert-OH is 1. The van der Waals surface area contributed by atoms with E-state index in [1.54, 1.807) is 0 Å². The first-order valence-corrected chi connectivity index (χ1v) is 8.16. The van der Waals surface area contributed by atoms with Crippen LogP contribution in [0.1, 0.15) is 45.4 Å². The zero-order valence-electron chi connectivity index (χ0n) is 13.0. The molecule has 0 aliphatic heterocycles. The maximum absolute atomic E-state index is 8.91. The molecule has 116 valence electrons. The summed E-state index contributed by atoms with van der Waals surface area (Å²) in [7, 11) is 0. The predicted molar refractivity (Wildman–Crippen MR) is 88.7 cm³/mol. The van der Waals surface area contributed by atoms with Gasteiger partial charge in [-0.1, -0.05) is 44.7 Å². The number of anilines is 1. The molecular weight excluding hydrogens is 262 g/mol. The molecule has 2 aromatic rings. The lowest BCUT2D eigenvalue weighted by atomic mass is 10.1. The van der Waals surface area contributed by atoms with Crippen LogP contribution in [0, 0.1) is 0 Å². The largest absolute Gasteiger partial charge is 0.396 e. The Kier molecular flexibility index (Phi) is 6.54. The normalized spacial score (nSPS) is 11.1. The smallest absolute Gasteiger partial charge is 0.203 e. The van der Waals surface area contributed by atoms with E-state index in [4.69, 9.17) is 5.11 Å². The van der Waals surface area contributed by atoms with Gasteiger partial charge in [0.05, 0.1) is 11.0 Å². The van der Waals surface area contributed by atoms with Gasteiger partial charge in [-0.2, -0.15) is 0 Å². The highest BCUT2D eigenvalue weighted by molar-refractivity contribution is 5.78. The topological polar surface area (TPSA) is 50.1 Å². The van der Waals surface area contributed by atoms with E-state index in [9.17, 15) is 0 Å². The molecular formula is C17H27N3O. The Bertz CT molecular complexity index is 536. The van der Waals surface area contributed by atoms with Crippen LogP contribution in [-0.2, 0) is 6.54 Å². The van der Waals surface area contributed by atoms with E-state index < -0.39 is 0 Å². The molecule has 1 heterocycles. The number of imidazole rings is 1. The van der Waals surface area contributed by atoms with Gasteiger partial charge in [-0.25, -0.2) is 4.98 Å². The number of nitrogens with one attached hydrogen (secondary N) is 1. The van der Waals surface area contributed by atoms with E-state index >= 15 is 0 Å². The average Bonchev–Trinajstić information content (AvgIpc) is 2.85. The summed E-state index contributed by atoms with van der Waals surface area (Å²) in [6, 6.07) is 8.28. The second-order valence-electron chi connectivity index (χ2n) is 5.49. The molecule has 21 heavy (non-hydrogen) atoms. The Morgan fingerprint density at radius 1 is 1.10 bits per heavy atom. The molecule has 0 saturated carbocycles. The maximum Gasteiger partial charge on any atom is 0.203 e. The van der Waals surface area contributed by atoms with Gasteiger partial charge in [0.1, 0.15) is 0 Å². The Morgan fingerprint density at radius 2 is 1.90 bits per heavy atom. The number of aliphatic hydroxyl groups is 1. The minimum Gasteiger partial charge on any atom is -0.396 e. The number of nitrogens with zero attached hydrogens (tertiary/aromatic N) is 2. The fraction of sp³-hybridized carbons (Fsp3) is 0.588. The highest BCUT2D eigenvalue weighted by atomic mass is 16.3. The van der Waals surface area contributed by atoms with Gasteiger partial charge in [-0.05, 0) is 25.0 Å². The third-order valence-electron chi connectivity index (χ3n) is 3.76. The molecule has 1 aromatic heterocycles. The lowest BCUT2D eigenvalue weighted by molar-refractivity contribution is 0.292. The lowest BCUT2D eigenvalue weighted by Gasteiger charge is -2.10. The van der Waals surface area contributed by atoms with Crippen LogP contribution < -0.4 is 5.32 Å². The Hall–Kier alpha value is -1.55. The van der Waals surface area contributed by atoms with Crippen LogP contribution in [0.5, 0.6) is 0 Å². The van der Waals surface area contributed by atoms with Crippen molar-refractivity contribution in [2.75, 3.05) is 18.5 Å². The second-order valence-corrected chi connectivity index (χ2v) is 5.49. The standard InChI is InChI=1S/C17H27N3O/c1-2-3-4-5-8-13-20-16-11-7-6-10-15(16)19-17(20)18-12-9-14-21/h6-7,10-11,21H,2-5,8-9,12-14H2,1H3,(H,18,19). The minimum atomic E-state index is 0.213. The van der Waals surface area contributed by atoms with Crippen LogP contribution in [0.2, 0.25) is 0 Å². The summed E-state index contributed by atoms with van der Waals surface area (Å²) in [6.45, 7) is 4.22. The molecule has 0 fully saturated rings. The van der Waals surface area contributed by atoms with Crippen molar-refractivity contribution in [2.45, 2.75) is 52.0 Å². The van der Waals surface area contributed by atoms with Crippen LogP contribution in [0.3, 0.4) is 0 Å². The monoisotopic (exact) mass is 289 g/mol. The number of para-hydroxylation sites is 2. The summed E-state index contributed by atoms with van der Waals surface area (Å²) in [5.74, 6) is 0.931. The molecule has 4 heteroatoms. The third-order valence-corrected chi connectivity index (χ3v) is 3.76. The number of hydrogen-bond donors (Lipinski definition) is 2. The highest BCUT2D eigenvalue weighted by Crippen LogP contribution is 2.20. The number of benzene rings is 1. The van der Waals surface area contributed by atoms with E-state index in [0.717, 1.165) is 31.0 Å². The van der Waals surface area contributed by atoms with Gasteiger partial charge in [-0.15, -0.1) is 0 Å². The summed E-state index contributed by atoms with van der Waals surface area (Å²) < 4.78 is 2.28. The molecule has 0 radical (unpaired) electrons. The lowest BCUT2D eigenvalue weighted by Crippen LogP contribution is -2.10. The number of aromatic nitrogens is 2. The van der Waals surface area contributed by atoms with E-state index in [-0.39, 0.29) is 6.61 Å². The van der Waals surface area contributed by atoms with Crippen LogP contribution >= 0.6 is 0 Å². The zero-order chi connectivity index (χ0) is 14.9. The van der Waals surface area contributed by atoms with Gasteiger partial charge >= 0.3 is 0 Å². The SMILES string of the molecule is CCCCCCCn1c(NCCCO)nc2ccccc21. The number of unbranched alkanes of at least 4 members (excludes halogenated alkanes) is 4. The Balaban J connectivity index is 2.04. The molecule has 1 aromatic carbocycles. The van der Waals surface area contributed by atoms with E-state index in [0.29, 0.717) is 0 Å². The molecule has 2 rings (SSSR count). The number of rotatable bonds is 10. The quantitative estimate of drug-likeness (QED) is 0.654. The zero-order valence-corrected chi connectivity index (χ0v) is 13.0. The highest BCUT2D eigenvalue weighted by Gasteiger charge is 2.09. The van der Waals surface area contributed by atoms with Crippen molar-refractivity contribution >= 4 is 17.0 Å². The van der Waals surface area contributed by atoms with Crippen molar-refractivity contribution in [2.24, 2.45) is 0 Å². The summed E-state index contributed by atoms with van der Waals surface area (Å²) in [4.78, 5) is 4.67. The number of hydrogen-bond acceptors (Lipinski definition) is 3. The molecule has 0 aliphatic rings. The number of fused-ring (bicyclic) bond motifs is 1. The van der Waals surface area contributed by atoms with Gasteiger partial charge < -0.3 is 15.0 Å². The van der Waals surface area contributed by atoms with Gasteiger partial charge in [0, 0.05) is 19.7 Å². The van der Waals surface area contributed by atoms with E-state index in [2.05, 4.69) is 40.0 Å². The predicted octanol–water partition coefficient (Wildman–Crippen LogP) is 3.80. The molecule has 4 nitrogen and oxygen atoms in total. The maximum atomic E-state index is 8.91. The Morgan fingerprint density at radius 3 is 2.71 bits per heavy atom. The van der Waals surface area contributed by atoms with Gasteiger partial charge in [-0.3, -0.25) is 0 Å². The number of aryl methyl sites for hydroxylation is 1. The summed E-state index contributed by atoms with van der Waals surface area (Å²) in [5, 5.41) is 12.3. The fourth-order valence-corrected chi connectivity index (χ4v) is 2.59. The minimum absolute atomic E-state index is 0.213. The molecule has 0 saturated heterocycles. The third kappa shape index (κ3) is 4.46. The second kappa shape index (κ2) is 8.67. The molecule has 0 spiro atoms. The van der Waals surface area contributed by atoms with Crippen LogP contribution in [-0.4, -0.2) is 27.8 Å². The van der Waals surface area contributed by atoms with Crippen LogP contribution in [0.15, 0.2) is 24.3 Å².